The summed E-state index contributed by atoms with van der Waals surface area (Å²) >= 11 is 0. The molecule has 2 fully saturated rings. The van der Waals surface area contributed by atoms with Crippen LogP contribution in [0.3, 0.4) is 0 Å². The van der Waals surface area contributed by atoms with Crippen molar-refractivity contribution in [1.29, 1.82) is 0 Å². The Morgan fingerprint density at radius 2 is 1.18 bits per heavy atom. The van der Waals surface area contributed by atoms with Gasteiger partial charge in [0.1, 0.15) is 22.9 Å². The Balaban J connectivity index is -0.000000627. The van der Waals surface area contributed by atoms with E-state index in [4.69, 9.17) is 0 Å². The molecule has 30 heteroatoms. The molecular formula is C63H107F10KN10O9. The molecule has 2 aliphatic carbocycles. The third-order valence-electron chi connectivity index (χ3n) is 13.7. The van der Waals surface area contributed by atoms with Crippen LogP contribution < -0.4 is 93.9 Å². The van der Waals surface area contributed by atoms with E-state index in [1.807, 2.05) is 64.2 Å². The quantitative estimate of drug-likeness (QED) is 0.0128. The molecule has 2 aliphatic rings. The van der Waals surface area contributed by atoms with Crippen LogP contribution in [-0.2, 0) is 38.4 Å². The number of carbonyl (C=O) groups excluding carboxylic acids is 9. The SMILES string of the molecule is CC(F)(F)F.CC(F)(F)F.CCC(C)C(=O)c1ccc(F)cc1.CCCCCC.CN(C)CC1(NC(=O)CCNC(=O)C(C)(C)NC(=O)C(C)(C)NC(=O)C(CC(F)(F)F)NC(=O)CNC=O)CCC1.C[N-]C(CCC1CCCCC1)C(=O)NCC(=O)NC(C)(C)C.[K+]. The number of amides is 8. The van der Waals surface area contributed by atoms with Crippen LogP contribution in [0.1, 0.15) is 210 Å². The summed E-state index contributed by atoms with van der Waals surface area (Å²) in [5.74, 6) is -3.84. The van der Waals surface area contributed by atoms with Gasteiger partial charge in [-0.15, -0.1) is 0 Å². The predicted molar refractivity (Wildman–Crippen MR) is 335 cm³/mol. The van der Waals surface area contributed by atoms with E-state index >= 15 is 0 Å². The number of unbranched alkanes of at least 4 members (excludes halogenated alkanes) is 3. The van der Waals surface area contributed by atoms with Crippen LogP contribution >= 0.6 is 0 Å². The Kier molecular flexibility index (Phi) is 48.4. The van der Waals surface area contributed by atoms with Crippen molar-refractivity contribution in [2.24, 2.45) is 11.8 Å². The van der Waals surface area contributed by atoms with Crippen LogP contribution in [0.5, 0.6) is 0 Å². The van der Waals surface area contributed by atoms with Crippen molar-refractivity contribution in [3.05, 3.63) is 41.0 Å². The van der Waals surface area contributed by atoms with Crippen LogP contribution in [0, 0.1) is 17.7 Å². The summed E-state index contributed by atoms with van der Waals surface area (Å²) in [4.78, 5) is 110. The van der Waals surface area contributed by atoms with Crippen molar-refractivity contribution in [2.75, 3.05) is 47.3 Å². The molecule has 8 amide bonds. The number of nitrogens with zero attached hydrogens (tertiary/aromatic N) is 2. The Hall–Kier alpha value is -4.49. The summed E-state index contributed by atoms with van der Waals surface area (Å²) in [7, 11) is 5.52. The zero-order chi connectivity index (χ0) is 71.9. The molecular weight excluding hydrogens is 1270 g/mol. The summed E-state index contributed by atoms with van der Waals surface area (Å²) in [6.07, 6.45) is 3.13. The molecule has 8 N–H and O–H groups in total. The van der Waals surface area contributed by atoms with E-state index in [2.05, 4.69) is 51.1 Å². The van der Waals surface area contributed by atoms with Crippen LogP contribution in [0.15, 0.2) is 24.3 Å². The zero-order valence-corrected chi connectivity index (χ0v) is 61.0. The molecule has 0 spiro atoms. The third kappa shape index (κ3) is 52.4. The fraction of sp³-hybridized carbons (Fsp3) is 0.762. The molecule has 0 heterocycles. The van der Waals surface area contributed by atoms with E-state index in [1.54, 1.807) is 7.05 Å². The average Bonchev–Trinajstić information content (AvgIpc) is 0.837. The molecule has 534 valence electrons. The summed E-state index contributed by atoms with van der Waals surface area (Å²) in [5, 5.41) is 23.8. The second-order valence-electron chi connectivity index (χ2n) is 25.4. The van der Waals surface area contributed by atoms with Gasteiger partial charge in [0.25, 0.3) is 0 Å². The summed E-state index contributed by atoms with van der Waals surface area (Å²) in [5.41, 5.74) is -3.28. The number of alkyl halides is 9. The van der Waals surface area contributed by atoms with Gasteiger partial charge < -0.3 is 52.8 Å². The largest absolute Gasteiger partial charge is 1.00 e. The van der Waals surface area contributed by atoms with Gasteiger partial charge >= 0.3 is 69.9 Å². The summed E-state index contributed by atoms with van der Waals surface area (Å²) in [6, 6.07) is 3.28. The van der Waals surface area contributed by atoms with Gasteiger partial charge in [0.15, 0.2) is 5.78 Å². The molecule has 0 aliphatic heterocycles. The van der Waals surface area contributed by atoms with Crippen LogP contribution in [-0.4, -0.2) is 159 Å². The van der Waals surface area contributed by atoms with Gasteiger partial charge in [-0.1, -0.05) is 104 Å². The van der Waals surface area contributed by atoms with Crippen molar-refractivity contribution in [3.63, 3.8) is 0 Å². The molecule has 2 saturated carbocycles. The van der Waals surface area contributed by atoms with Gasteiger partial charge in [0, 0.05) is 50.4 Å². The number of ketones is 1. The number of likely N-dealkylation sites (N-methyl/N-ethyl adjacent to an activating group) is 2. The molecule has 1 aromatic carbocycles. The fourth-order valence-corrected chi connectivity index (χ4v) is 8.75. The van der Waals surface area contributed by atoms with Crippen molar-refractivity contribution in [2.45, 2.75) is 252 Å². The summed E-state index contributed by atoms with van der Waals surface area (Å²) in [6.45, 7) is 19.7. The molecule has 1 aromatic rings. The summed E-state index contributed by atoms with van der Waals surface area (Å²) < 4.78 is 114. The minimum Gasteiger partial charge on any atom is -0.654 e. The number of Topliss-reactive ketones (excluding diaryl/α,β-unsaturated/α-hetero) is 1. The molecule has 3 unspecified atom stereocenters. The van der Waals surface area contributed by atoms with Crippen LogP contribution in [0.4, 0.5) is 43.9 Å². The Bertz CT molecular complexity index is 2320. The Labute approximate surface area is 587 Å². The van der Waals surface area contributed by atoms with Gasteiger partial charge in [-0.3, -0.25) is 43.2 Å². The molecule has 0 aromatic heterocycles. The van der Waals surface area contributed by atoms with Crippen molar-refractivity contribution in [1.82, 2.24) is 47.4 Å². The van der Waals surface area contributed by atoms with Crippen LogP contribution in [0.25, 0.3) is 5.32 Å². The molecule has 19 nitrogen and oxygen atoms in total. The van der Waals surface area contributed by atoms with Crippen molar-refractivity contribution < 1.29 is 138 Å². The molecule has 93 heavy (non-hydrogen) atoms. The van der Waals surface area contributed by atoms with Gasteiger partial charge in [-0.25, -0.2) is 4.39 Å². The number of carbonyl (C=O) groups is 9. The van der Waals surface area contributed by atoms with Gasteiger partial charge in [-0.2, -0.15) is 46.6 Å². The maximum Gasteiger partial charge on any atom is 1.00 e. The van der Waals surface area contributed by atoms with Gasteiger partial charge in [-0.05, 0) is 118 Å². The molecule has 3 atom stereocenters. The number of rotatable bonds is 29. The second kappa shape index (κ2) is 47.4. The van der Waals surface area contributed by atoms with E-state index in [0.717, 1.165) is 44.4 Å². The second-order valence-corrected chi connectivity index (χ2v) is 25.4. The van der Waals surface area contributed by atoms with E-state index < -0.39 is 72.2 Å². The first-order valence-electron chi connectivity index (χ1n) is 31.1. The standard InChI is InChI=1S/C25H42F3N7O6.C17H32N3O2.C11H13FO.C6H14.2C2H3F3.K/c1-22(2,20(40)30-11-8-17(37)32-24(9-7-10-24)14-35(5)6)34-21(41)23(3,4)33-19(39)16(12-25(26,27)28)31-18(38)13-29-15-36;1-17(2,3)20-15(21)12-19-16(22)14(18-4)11-10-13-8-6-5-7-9-13;1-3-8(2)11(13)9-4-6-10(12)7-5-9;1-3-5-6-4-2;2*1-2(3,4)5;/h15-16H,7-14H2,1-6H3,(H,29,36)(H,30,40)(H,31,38)(H,32,37)(H,33,39)(H,34,41);13-14H,5-12H2,1-4H3,(H,19,22)(H,20,21);4-8H,3H2,1-2H3;3-6H2,1-2H3;2*1H3;/q;-1;;;;;+1. The third-order valence-corrected chi connectivity index (χ3v) is 13.7. The van der Waals surface area contributed by atoms with Gasteiger partial charge in [0.05, 0.1) is 25.0 Å². The van der Waals surface area contributed by atoms with E-state index in [9.17, 15) is 87.1 Å². The maximum atomic E-state index is 13.0. The number of hydrogen-bond acceptors (Lipinski definition) is 10. The Morgan fingerprint density at radius 3 is 1.60 bits per heavy atom. The van der Waals surface area contributed by atoms with Crippen LogP contribution in [0.2, 0.25) is 0 Å². The van der Waals surface area contributed by atoms with Gasteiger partial charge in [0.2, 0.25) is 47.8 Å². The number of nitrogens with one attached hydrogen (secondary N) is 8. The Morgan fingerprint density at radius 1 is 0.677 bits per heavy atom. The predicted octanol–water partition coefficient (Wildman–Crippen LogP) is 7.60. The normalized spacial score (nSPS) is 14.7. The molecule has 3 rings (SSSR count). The minimum absolute atomic E-state index is 0. The first kappa shape index (κ1) is 94.9. The number of benzene rings is 1. The maximum absolute atomic E-state index is 13.0. The fourth-order valence-electron chi connectivity index (χ4n) is 8.75. The first-order chi connectivity index (χ1) is 42.1. The average molecular weight is 1380 g/mol. The zero-order valence-electron chi connectivity index (χ0n) is 57.9. The molecule has 0 bridgehead atoms. The van der Waals surface area contributed by atoms with E-state index in [0.29, 0.717) is 12.1 Å². The van der Waals surface area contributed by atoms with E-state index in [1.165, 1.54) is 110 Å². The molecule has 0 saturated heterocycles. The number of halogens is 10. The van der Waals surface area contributed by atoms with Crippen molar-refractivity contribution >= 4 is 53.5 Å². The minimum atomic E-state index is -4.83. The monoisotopic (exact) mass is 1380 g/mol. The smallest absolute Gasteiger partial charge is 0.654 e. The van der Waals surface area contributed by atoms with Crippen molar-refractivity contribution in [3.8, 4) is 0 Å². The number of hydrogen-bond donors (Lipinski definition) is 8. The molecule has 0 radical (unpaired) electrons. The van der Waals surface area contributed by atoms with E-state index in [-0.39, 0.29) is 144 Å². The first-order valence-corrected chi connectivity index (χ1v) is 31.1. The topological polar surface area (TPSA) is 267 Å².